The highest BCUT2D eigenvalue weighted by molar-refractivity contribution is 5.86. The number of pyridine rings is 1. The number of fused-ring (bicyclic) bond motifs is 1. The minimum Gasteiger partial charge on any atom is -0.312 e. The monoisotopic (exact) mass is 246 g/mol. The Morgan fingerprint density at radius 3 is 3.00 bits per heavy atom. The quantitative estimate of drug-likeness (QED) is 0.887. The van der Waals surface area contributed by atoms with E-state index in [1.54, 1.807) is 6.20 Å². The fourth-order valence-corrected chi connectivity index (χ4v) is 2.46. The smallest absolute Gasteiger partial charge is 0.143 e. The summed E-state index contributed by atoms with van der Waals surface area (Å²) < 4.78 is 0. The van der Waals surface area contributed by atoms with Crippen molar-refractivity contribution in [3.8, 4) is 0 Å². The maximum absolute atomic E-state index is 12.2. The lowest BCUT2D eigenvalue weighted by atomic mass is 9.98. The molecule has 0 aromatic carbocycles. The Morgan fingerprint density at radius 2 is 2.28 bits per heavy atom. The third-order valence-corrected chi connectivity index (χ3v) is 3.37. The van der Waals surface area contributed by atoms with E-state index >= 15 is 0 Å². The van der Waals surface area contributed by atoms with Crippen LogP contribution in [0.4, 0.5) is 0 Å². The molecule has 0 amide bonds. The molecule has 0 radical (unpaired) electrons. The molecule has 0 fully saturated rings. The molecule has 0 saturated heterocycles. The van der Waals surface area contributed by atoms with Gasteiger partial charge in [0.25, 0.3) is 0 Å². The van der Waals surface area contributed by atoms with Crippen molar-refractivity contribution in [3.05, 3.63) is 29.6 Å². The predicted octanol–water partition coefficient (Wildman–Crippen LogP) is 2.46. The molecule has 1 aromatic rings. The largest absolute Gasteiger partial charge is 0.312 e. The van der Waals surface area contributed by atoms with Gasteiger partial charge in [0, 0.05) is 24.7 Å². The van der Waals surface area contributed by atoms with E-state index in [2.05, 4.69) is 37.1 Å². The number of nitrogens with one attached hydrogen (secondary N) is 1. The summed E-state index contributed by atoms with van der Waals surface area (Å²) in [4.78, 5) is 16.6. The van der Waals surface area contributed by atoms with Crippen LogP contribution in [0.15, 0.2) is 18.3 Å². The second-order valence-electron chi connectivity index (χ2n) is 6.03. The first-order valence-electron chi connectivity index (χ1n) is 6.69. The summed E-state index contributed by atoms with van der Waals surface area (Å²) in [6.07, 6.45) is 4.31. The Morgan fingerprint density at radius 1 is 1.50 bits per heavy atom. The summed E-state index contributed by atoms with van der Waals surface area (Å²) in [7, 11) is 0. The zero-order valence-corrected chi connectivity index (χ0v) is 11.5. The van der Waals surface area contributed by atoms with Gasteiger partial charge in [-0.15, -0.1) is 0 Å². The van der Waals surface area contributed by atoms with Crippen molar-refractivity contribution in [1.82, 2.24) is 10.3 Å². The van der Waals surface area contributed by atoms with Crippen LogP contribution in [-0.2, 0) is 11.2 Å². The van der Waals surface area contributed by atoms with E-state index in [-0.39, 0.29) is 11.5 Å². The van der Waals surface area contributed by atoms with Gasteiger partial charge in [-0.1, -0.05) is 6.07 Å². The molecule has 18 heavy (non-hydrogen) atoms. The van der Waals surface area contributed by atoms with Gasteiger partial charge in [-0.3, -0.25) is 9.78 Å². The standard InChI is InChI=1S/C15H22N2O/c1-15(2,3)17-10-8-13(18)12-7-6-11-5-4-9-16-14(11)12/h4-5,9,12,17H,6-8,10H2,1-3H3. The summed E-state index contributed by atoms with van der Waals surface area (Å²) in [5, 5.41) is 3.36. The molecular weight excluding hydrogens is 224 g/mol. The molecule has 3 heteroatoms. The third-order valence-electron chi connectivity index (χ3n) is 3.37. The van der Waals surface area contributed by atoms with Crippen molar-refractivity contribution >= 4 is 5.78 Å². The highest BCUT2D eigenvalue weighted by atomic mass is 16.1. The molecule has 1 aromatic heterocycles. The molecule has 0 aliphatic heterocycles. The second kappa shape index (κ2) is 5.19. The van der Waals surface area contributed by atoms with Crippen LogP contribution in [0.1, 0.15) is 50.8 Å². The molecule has 1 unspecified atom stereocenters. The second-order valence-corrected chi connectivity index (χ2v) is 6.03. The molecule has 98 valence electrons. The molecular formula is C15H22N2O. The molecule has 0 saturated carbocycles. The minimum atomic E-state index is 0.0305. The van der Waals surface area contributed by atoms with Crippen molar-refractivity contribution in [2.45, 2.75) is 51.5 Å². The zero-order chi connectivity index (χ0) is 13.2. The van der Waals surface area contributed by atoms with Gasteiger partial charge in [-0.05, 0) is 45.2 Å². The van der Waals surface area contributed by atoms with Crippen LogP contribution < -0.4 is 5.32 Å². The number of aromatic nitrogens is 1. The first kappa shape index (κ1) is 13.2. The Labute approximate surface area is 109 Å². The van der Waals surface area contributed by atoms with E-state index in [1.807, 2.05) is 6.07 Å². The van der Waals surface area contributed by atoms with Gasteiger partial charge in [0.1, 0.15) is 5.78 Å². The van der Waals surface area contributed by atoms with Crippen molar-refractivity contribution in [3.63, 3.8) is 0 Å². The summed E-state index contributed by atoms with van der Waals surface area (Å²) in [5.74, 6) is 0.354. The van der Waals surface area contributed by atoms with E-state index in [0.717, 1.165) is 25.1 Å². The van der Waals surface area contributed by atoms with Crippen molar-refractivity contribution in [2.24, 2.45) is 0 Å². The van der Waals surface area contributed by atoms with E-state index < -0.39 is 0 Å². The topological polar surface area (TPSA) is 42.0 Å². The lowest BCUT2D eigenvalue weighted by Crippen LogP contribution is -2.37. The van der Waals surface area contributed by atoms with Crippen LogP contribution in [-0.4, -0.2) is 22.9 Å². The van der Waals surface area contributed by atoms with Gasteiger partial charge in [0.2, 0.25) is 0 Å². The first-order chi connectivity index (χ1) is 8.47. The summed E-state index contributed by atoms with van der Waals surface area (Å²) in [5.41, 5.74) is 2.34. The van der Waals surface area contributed by atoms with Gasteiger partial charge in [-0.25, -0.2) is 0 Å². The molecule has 0 bridgehead atoms. The number of carbonyl (C=O) groups excluding carboxylic acids is 1. The van der Waals surface area contributed by atoms with E-state index in [9.17, 15) is 4.79 Å². The van der Waals surface area contributed by atoms with Gasteiger partial charge < -0.3 is 5.32 Å². The Bertz CT molecular complexity index is 434. The van der Waals surface area contributed by atoms with Crippen LogP contribution >= 0.6 is 0 Å². The predicted molar refractivity (Wildman–Crippen MR) is 72.7 cm³/mol. The van der Waals surface area contributed by atoms with Crippen LogP contribution in [0.5, 0.6) is 0 Å². The van der Waals surface area contributed by atoms with Crippen LogP contribution in [0.2, 0.25) is 0 Å². The van der Waals surface area contributed by atoms with Gasteiger partial charge in [0.05, 0.1) is 11.6 Å². The molecule has 1 atom stereocenters. The lowest BCUT2D eigenvalue weighted by molar-refractivity contribution is -0.120. The molecule has 1 aliphatic carbocycles. The highest BCUT2D eigenvalue weighted by Crippen LogP contribution is 2.32. The number of Topliss-reactive ketones (excluding diaryl/α,β-unsaturated/α-hetero) is 1. The van der Waals surface area contributed by atoms with Gasteiger partial charge in [0.15, 0.2) is 0 Å². The lowest BCUT2D eigenvalue weighted by Gasteiger charge is -2.20. The SMILES string of the molecule is CC(C)(C)NCCC(=O)C1CCc2cccnc21. The maximum Gasteiger partial charge on any atom is 0.143 e. The molecule has 1 aliphatic rings. The summed E-state index contributed by atoms with van der Waals surface area (Å²) in [6.45, 7) is 7.10. The highest BCUT2D eigenvalue weighted by Gasteiger charge is 2.29. The van der Waals surface area contributed by atoms with Crippen molar-refractivity contribution in [1.29, 1.82) is 0 Å². The number of hydrogen-bond donors (Lipinski definition) is 1. The van der Waals surface area contributed by atoms with Crippen molar-refractivity contribution < 1.29 is 4.79 Å². The molecule has 1 N–H and O–H groups in total. The van der Waals surface area contributed by atoms with E-state index in [4.69, 9.17) is 0 Å². The summed E-state index contributed by atoms with van der Waals surface area (Å²) in [6, 6.07) is 4.04. The number of aryl methyl sites for hydroxylation is 1. The fraction of sp³-hybridized carbons (Fsp3) is 0.600. The van der Waals surface area contributed by atoms with Crippen LogP contribution in [0.25, 0.3) is 0 Å². The third kappa shape index (κ3) is 3.16. The van der Waals surface area contributed by atoms with E-state index in [0.29, 0.717) is 12.2 Å². The normalized spacial score (nSPS) is 18.7. The Hall–Kier alpha value is -1.22. The molecule has 0 spiro atoms. The fourth-order valence-electron chi connectivity index (χ4n) is 2.46. The van der Waals surface area contributed by atoms with Gasteiger partial charge >= 0.3 is 0 Å². The number of rotatable bonds is 4. The van der Waals surface area contributed by atoms with E-state index in [1.165, 1.54) is 5.56 Å². The molecule has 3 nitrogen and oxygen atoms in total. The summed E-state index contributed by atoms with van der Waals surface area (Å²) >= 11 is 0. The molecule has 2 rings (SSSR count). The first-order valence-corrected chi connectivity index (χ1v) is 6.69. The Balaban J connectivity index is 1.92. The van der Waals surface area contributed by atoms with Crippen molar-refractivity contribution in [2.75, 3.05) is 6.54 Å². The Kier molecular flexibility index (Phi) is 3.81. The minimum absolute atomic E-state index is 0.0305. The maximum atomic E-state index is 12.2. The number of carbonyl (C=O) groups is 1. The average Bonchev–Trinajstić information content (AvgIpc) is 2.70. The number of nitrogens with zero attached hydrogens (tertiary/aromatic N) is 1. The number of hydrogen-bond acceptors (Lipinski definition) is 3. The number of ketones is 1. The molecule has 1 heterocycles. The van der Waals surface area contributed by atoms with Crippen LogP contribution in [0, 0.1) is 0 Å². The average molecular weight is 246 g/mol. The van der Waals surface area contributed by atoms with Crippen LogP contribution in [0.3, 0.4) is 0 Å². The zero-order valence-electron chi connectivity index (χ0n) is 11.5. The van der Waals surface area contributed by atoms with Gasteiger partial charge in [-0.2, -0.15) is 0 Å².